The summed E-state index contributed by atoms with van der Waals surface area (Å²) in [5.74, 6) is 0.486. The van der Waals surface area contributed by atoms with Crippen LogP contribution in [-0.4, -0.2) is 11.8 Å². The molecule has 1 aliphatic rings. The smallest absolute Gasteiger partial charge is 0.343 e. The normalized spacial score (nSPS) is 14.5. The summed E-state index contributed by atoms with van der Waals surface area (Å²) in [5, 5.41) is 0. The molecule has 0 fully saturated rings. The Morgan fingerprint density at radius 1 is 1.09 bits per heavy atom. The average molecular weight is 296 g/mol. The van der Waals surface area contributed by atoms with Gasteiger partial charge in [-0.05, 0) is 35.9 Å². The lowest BCUT2D eigenvalue weighted by Gasteiger charge is -2.16. The first kappa shape index (κ1) is 14.2. The Balaban J connectivity index is 1.77. The Hall–Kier alpha value is -2.75. The van der Waals surface area contributed by atoms with Crippen LogP contribution in [0.2, 0.25) is 0 Å². The van der Waals surface area contributed by atoms with Crippen LogP contribution in [0.4, 0.5) is 0 Å². The average Bonchev–Trinajstić information content (AvgIpc) is 2.80. The first-order chi connectivity index (χ1) is 10.5. The van der Waals surface area contributed by atoms with Gasteiger partial charge in [-0.25, -0.2) is 4.79 Å². The molecule has 0 atom stereocenters. The molecule has 4 nitrogen and oxygen atoms in total. The summed E-state index contributed by atoms with van der Waals surface area (Å²) in [4.78, 5) is 12.2. The zero-order chi connectivity index (χ0) is 15.7. The van der Waals surface area contributed by atoms with Gasteiger partial charge in [-0.3, -0.25) is 0 Å². The molecule has 22 heavy (non-hydrogen) atoms. The maximum Gasteiger partial charge on any atom is 0.343 e. The first-order valence-corrected chi connectivity index (χ1v) is 6.94. The fraction of sp³-hybridized carbons (Fsp3) is 0.167. The van der Waals surface area contributed by atoms with Gasteiger partial charge in [0, 0.05) is 13.8 Å². The molecule has 2 aromatic carbocycles. The van der Waals surface area contributed by atoms with Crippen molar-refractivity contribution in [2.75, 3.05) is 0 Å². The lowest BCUT2D eigenvalue weighted by molar-refractivity contribution is -0.0431. The summed E-state index contributed by atoms with van der Waals surface area (Å²) in [6.45, 7) is 7.30. The quantitative estimate of drug-likeness (QED) is 0.633. The number of hydrogen-bond donors (Lipinski definition) is 0. The van der Waals surface area contributed by atoms with Gasteiger partial charge in [0.1, 0.15) is 5.75 Å². The van der Waals surface area contributed by atoms with Crippen LogP contribution in [0.3, 0.4) is 0 Å². The number of ether oxygens (including phenoxy) is 3. The van der Waals surface area contributed by atoms with Gasteiger partial charge in [0.05, 0.1) is 5.56 Å². The van der Waals surface area contributed by atoms with Gasteiger partial charge in [0.2, 0.25) is 5.79 Å². The molecule has 4 heteroatoms. The highest BCUT2D eigenvalue weighted by molar-refractivity contribution is 5.92. The Labute approximate surface area is 128 Å². The standard InChI is InChI=1S/C18H16O4/c1-4-12-5-8-14(9-6-12)20-17(19)13-7-10-15-16(11-13)22-18(2,3)21-15/h4-11H,1H2,2-3H3. The molecule has 0 saturated heterocycles. The van der Waals surface area contributed by atoms with Gasteiger partial charge >= 0.3 is 5.97 Å². The fourth-order valence-corrected chi connectivity index (χ4v) is 2.19. The molecule has 112 valence electrons. The van der Waals surface area contributed by atoms with Crippen molar-refractivity contribution >= 4 is 12.0 Å². The maximum absolute atomic E-state index is 12.2. The Kier molecular flexibility index (Phi) is 3.37. The Bertz CT molecular complexity index is 729. The Morgan fingerprint density at radius 2 is 1.77 bits per heavy atom. The molecule has 0 unspecified atom stereocenters. The fourth-order valence-electron chi connectivity index (χ4n) is 2.19. The van der Waals surface area contributed by atoms with E-state index in [9.17, 15) is 4.79 Å². The van der Waals surface area contributed by atoms with Crippen LogP contribution < -0.4 is 14.2 Å². The lowest BCUT2D eigenvalue weighted by Crippen LogP contribution is -2.29. The van der Waals surface area contributed by atoms with Crippen molar-refractivity contribution in [2.24, 2.45) is 0 Å². The minimum absolute atomic E-state index is 0.410. The van der Waals surface area contributed by atoms with Crippen LogP contribution in [0.25, 0.3) is 6.08 Å². The largest absolute Gasteiger partial charge is 0.449 e. The van der Waals surface area contributed by atoms with Crippen LogP contribution in [0.15, 0.2) is 49.0 Å². The second-order valence-corrected chi connectivity index (χ2v) is 5.43. The van der Waals surface area contributed by atoms with Crippen LogP contribution in [0.5, 0.6) is 17.2 Å². The van der Waals surface area contributed by atoms with Crippen molar-refractivity contribution in [1.82, 2.24) is 0 Å². The molecule has 3 rings (SSSR count). The number of carbonyl (C=O) groups is 1. The molecule has 0 amide bonds. The molecule has 1 heterocycles. The molecule has 2 aromatic rings. The molecule has 0 bridgehead atoms. The van der Waals surface area contributed by atoms with Crippen LogP contribution in [0, 0.1) is 0 Å². The first-order valence-electron chi connectivity index (χ1n) is 6.94. The summed E-state index contributed by atoms with van der Waals surface area (Å²) in [7, 11) is 0. The van der Waals surface area contributed by atoms with E-state index in [0.717, 1.165) is 5.56 Å². The van der Waals surface area contributed by atoms with Gasteiger partial charge in [-0.2, -0.15) is 0 Å². The SMILES string of the molecule is C=Cc1ccc(OC(=O)c2ccc3c(c2)OC(C)(C)O3)cc1. The number of esters is 1. The van der Waals surface area contributed by atoms with E-state index >= 15 is 0 Å². The van der Waals surface area contributed by atoms with Crippen LogP contribution in [0.1, 0.15) is 29.8 Å². The van der Waals surface area contributed by atoms with Crippen molar-refractivity contribution in [3.05, 3.63) is 60.2 Å². The Morgan fingerprint density at radius 3 is 2.45 bits per heavy atom. The molecule has 0 saturated carbocycles. The molecule has 1 aliphatic heterocycles. The van der Waals surface area contributed by atoms with Crippen LogP contribution in [-0.2, 0) is 0 Å². The van der Waals surface area contributed by atoms with Gasteiger partial charge in [0.15, 0.2) is 11.5 Å². The van der Waals surface area contributed by atoms with Gasteiger partial charge < -0.3 is 14.2 Å². The number of hydrogen-bond acceptors (Lipinski definition) is 4. The summed E-state index contributed by atoms with van der Waals surface area (Å²) in [6, 6.07) is 12.1. The molecular formula is C18H16O4. The summed E-state index contributed by atoms with van der Waals surface area (Å²) in [6.07, 6.45) is 1.73. The third kappa shape index (κ3) is 2.81. The van der Waals surface area contributed by atoms with Crippen molar-refractivity contribution < 1.29 is 19.0 Å². The van der Waals surface area contributed by atoms with E-state index in [-0.39, 0.29) is 0 Å². The highest BCUT2D eigenvalue weighted by atomic mass is 16.7. The van der Waals surface area contributed by atoms with Crippen molar-refractivity contribution in [3.63, 3.8) is 0 Å². The summed E-state index contributed by atoms with van der Waals surface area (Å²) < 4.78 is 16.6. The highest BCUT2D eigenvalue weighted by Gasteiger charge is 2.32. The zero-order valence-corrected chi connectivity index (χ0v) is 12.5. The molecule has 0 N–H and O–H groups in total. The van der Waals surface area contributed by atoms with Gasteiger partial charge in [-0.15, -0.1) is 0 Å². The molecule has 0 spiro atoms. The van der Waals surface area contributed by atoms with Crippen molar-refractivity contribution in [1.29, 1.82) is 0 Å². The van der Waals surface area contributed by atoms with Crippen LogP contribution >= 0.6 is 0 Å². The second kappa shape index (κ2) is 5.22. The summed E-state index contributed by atoms with van der Waals surface area (Å²) in [5.41, 5.74) is 1.37. The topological polar surface area (TPSA) is 44.8 Å². The van der Waals surface area contributed by atoms with Gasteiger partial charge in [-0.1, -0.05) is 24.8 Å². The monoisotopic (exact) mass is 296 g/mol. The third-order valence-corrected chi connectivity index (χ3v) is 3.22. The van der Waals surface area contributed by atoms with Gasteiger partial charge in [0.25, 0.3) is 0 Å². The van der Waals surface area contributed by atoms with E-state index in [2.05, 4.69) is 6.58 Å². The zero-order valence-electron chi connectivity index (χ0n) is 12.5. The number of rotatable bonds is 3. The molecule has 0 aliphatic carbocycles. The number of carbonyl (C=O) groups excluding carboxylic acids is 1. The van der Waals surface area contributed by atoms with Crippen molar-refractivity contribution in [2.45, 2.75) is 19.6 Å². The highest BCUT2D eigenvalue weighted by Crippen LogP contribution is 2.39. The minimum Gasteiger partial charge on any atom is -0.449 e. The predicted octanol–water partition coefficient (Wildman–Crippen LogP) is 4.06. The molecule has 0 aromatic heterocycles. The summed E-state index contributed by atoms with van der Waals surface area (Å²) >= 11 is 0. The molecular weight excluding hydrogens is 280 g/mol. The van der Waals surface area contributed by atoms with Crippen molar-refractivity contribution in [3.8, 4) is 17.2 Å². The number of fused-ring (bicyclic) bond motifs is 1. The second-order valence-electron chi connectivity index (χ2n) is 5.43. The maximum atomic E-state index is 12.2. The van der Waals surface area contributed by atoms with E-state index in [1.54, 1.807) is 36.4 Å². The van der Waals surface area contributed by atoms with E-state index in [0.29, 0.717) is 22.8 Å². The van der Waals surface area contributed by atoms with E-state index in [1.807, 2.05) is 26.0 Å². The van der Waals surface area contributed by atoms with E-state index in [4.69, 9.17) is 14.2 Å². The van der Waals surface area contributed by atoms with E-state index in [1.165, 1.54) is 0 Å². The lowest BCUT2D eigenvalue weighted by atomic mass is 10.2. The predicted molar refractivity (Wildman–Crippen MR) is 83.3 cm³/mol. The third-order valence-electron chi connectivity index (χ3n) is 3.22. The minimum atomic E-state index is -0.717. The number of benzene rings is 2. The van der Waals surface area contributed by atoms with E-state index < -0.39 is 11.8 Å². The molecule has 0 radical (unpaired) electrons.